The molecule has 0 spiro atoms. The summed E-state index contributed by atoms with van der Waals surface area (Å²) in [5.74, 6) is 0.120. The number of thiazole rings is 1. The number of carbonyl (C=O) groups excluding carboxylic acids is 2. The maximum atomic E-state index is 12.5. The van der Waals surface area contributed by atoms with Gasteiger partial charge >= 0.3 is 0 Å². The number of nitrogens with one attached hydrogen (secondary N) is 1. The van der Waals surface area contributed by atoms with E-state index >= 15 is 0 Å². The van der Waals surface area contributed by atoms with Gasteiger partial charge in [-0.1, -0.05) is 17.7 Å². The lowest BCUT2D eigenvalue weighted by Gasteiger charge is -2.02. The molecule has 0 unspecified atom stereocenters. The van der Waals surface area contributed by atoms with Crippen molar-refractivity contribution in [1.29, 1.82) is 0 Å². The van der Waals surface area contributed by atoms with Gasteiger partial charge in [-0.3, -0.25) is 9.59 Å². The Balaban J connectivity index is 1.78. The number of halogens is 1. The Morgan fingerprint density at radius 3 is 2.90 bits per heavy atom. The number of rotatable bonds is 7. The number of carbonyl (C=O) groups is 2. The molecule has 0 aliphatic carbocycles. The highest BCUT2D eigenvalue weighted by molar-refractivity contribution is 7.09. The van der Waals surface area contributed by atoms with Crippen LogP contribution in [0, 0.1) is 6.92 Å². The van der Waals surface area contributed by atoms with Gasteiger partial charge in [-0.2, -0.15) is 4.99 Å². The zero-order valence-corrected chi connectivity index (χ0v) is 17.5. The fraction of sp³-hybridized carbons (Fsp3) is 0.250. The van der Waals surface area contributed by atoms with Gasteiger partial charge in [0, 0.05) is 35.3 Å². The molecular formula is C20H20ClN3O4S. The molecule has 0 bridgehead atoms. The number of aromatic nitrogens is 1. The Hall–Kier alpha value is -2.68. The summed E-state index contributed by atoms with van der Waals surface area (Å²) < 4.78 is 12.4. The van der Waals surface area contributed by atoms with E-state index in [-0.39, 0.29) is 17.6 Å². The lowest BCUT2D eigenvalue weighted by Crippen LogP contribution is -2.26. The minimum Gasteiger partial charge on any atom is -0.454 e. The molecule has 3 rings (SSSR count). The van der Waals surface area contributed by atoms with Crippen LogP contribution in [-0.2, 0) is 11.3 Å². The first kappa shape index (κ1) is 21.0. The van der Waals surface area contributed by atoms with Gasteiger partial charge in [-0.05, 0) is 37.3 Å². The standard InChI is InChI=1S/C20H20ClN3O4S/c1-13-11-24(12-16-6-7-17(28-16)19(26)22-8-9-27-2)20(29-13)23-18(25)14-4-3-5-15(21)10-14/h3-7,10-11H,8-9,12H2,1-2H3,(H,22,26). The molecule has 0 aliphatic rings. The van der Waals surface area contributed by atoms with Crippen molar-refractivity contribution in [2.45, 2.75) is 13.5 Å². The summed E-state index contributed by atoms with van der Waals surface area (Å²) in [4.78, 5) is 30.3. The molecule has 0 atom stereocenters. The Labute approximate surface area is 176 Å². The molecular weight excluding hydrogens is 414 g/mol. The Morgan fingerprint density at radius 1 is 1.31 bits per heavy atom. The lowest BCUT2D eigenvalue weighted by molar-refractivity contribution is 0.0907. The molecule has 1 aromatic carbocycles. The molecule has 29 heavy (non-hydrogen) atoms. The number of methoxy groups -OCH3 is 1. The van der Waals surface area contributed by atoms with Gasteiger partial charge in [0.25, 0.3) is 11.8 Å². The highest BCUT2D eigenvalue weighted by Gasteiger charge is 2.12. The first-order valence-electron chi connectivity index (χ1n) is 8.83. The van der Waals surface area contributed by atoms with Crippen molar-refractivity contribution >= 4 is 34.8 Å². The summed E-state index contributed by atoms with van der Waals surface area (Å²) in [6, 6.07) is 10.0. The van der Waals surface area contributed by atoms with E-state index in [0.29, 0.717) is 40.8 Å². The van der Waals surface area contributed by atoms with Gasteiger partial charge in [-0.15, -0.1) is 11.3 Å². The van der Waals surface area contributed by atoms with Crippen LogP contribution in [0.15, 0.2) is 52.0 Å². The molecule has 152 valence electrons. The summed E-state index contributed by atoms with van der Waals surface area (Å²) in [6.45, 7) is 3.10. The second kappa shape index (κ2) is 9.69. The minimum absolute atomic E-state index is 0.220. The molecule has 0 saturated carbocycles. The van der Waals surface area contributed by atoms with E-state index in [1.54, 1.807) is 43.5 Å². The summed E-state index contributed by atoms with van der Waals surface area (Å²) in [5.41, 5.74) is 0.420. The summed E-state index contributed by atoms with van der Waals surface area (Å²) in [6.07, 6.45) is 1.88. The Morgan fingerprint density at radius 2 is 2.14 bits per heavy atom. The van der Waals surface area contributed by atoms with E-state index in [1.165, 1.54) is 11.3 Å². The fourth-order valence-electron chi connectivity index (χ4n) is 2.58. The van der Waals surface area contributed by atoms with E-state index in [0.717, 1.165) is 4.88 Å². The molecule has 1 N–H and O–H groups in total. The van der Waals surface area contributed by atoms with Crippen LogP contribution >= 0.6 is 22.9 Å². The molecule has 0 aliphatic heterocycles. The van der Waals surface area contributed by atoms with Crippen molar-refractivity contribution in [1.82, 2.24) is 9.88 Å². The van der Waals surface area contributed by atoms with Crippen LogP contribution in [0.1, 0.15) is 31.6 Å². The third kappa shape index (κ3) is 5.66. The van der Waals surface area contributed by atoms with Crippen molar-refractivity contribution in [3.8, 4) is 0 Å². The highest BCUT2D eigenvalue weighted by Crippen LogP contribution is 2.13. The topological polar surface area (TPSA) is 85.8 Å². The minimum atomic E-state index is -0.374. The first-order valence-corrected chi connectivity index (χ1v) is 10.0. The van der Waals surface area contributed by atoms with Gasteiger partial charge in [0.1, 0.15) is 5.76 Å². The fourth-order valence-corrected chi connectivity index (χ4v) is 3.60. The van der Waals surface area contributed by atoms with Crippen LogP contribution in [0.2, 0.25) is 5.02 Å². The number of hydrogen-bond donors (Lipinski definition) is 1. The van der Waals surface area contributed by atoms with E-state index in [2.05, 4.69) is 10.3 Å². The van der Waals surface area contributed by atoms with Gasteiger partial charge < -0.3 is 19.0 Å². The number of aryl methyl sites for hydroxylation is 1. The van der Waals surface area contributed by atoms with E-state index in [4.69, 9.17) is 20.8 Å². The van der Waals surface area contributed by atoms with Crippen molar-refractivity contribution < 1.29 is 18.7 Å². The summed E-state index contributed by atoms with van der Waals surface area (Å²) in [7, 11) is 1.57. The van der Waals surface area contributed by atoms with E-state index in [1.807, 2.05) is 17.7 Å². The molecule has 2 aromatic heterocycles. The predicted octanol–water partition coefficient (Wildman–Crippen LogP) is 3.27. The van der Waals surface area contributed by atoms with E-state index in [9.17, 15) is 9.59 Å². The van der Waals surface area contributed by atoms with Gasteiger partial charge in [0.05, 0.1) is 13.2 Å². The van der Waals surface area contributed by atoms with Crippen LogP contribution in [0.3, 0.4) is 0 Å². The van der Waals surface area contributed by atoms with Crippen LogP contribution in [0.5, 0.6) is 0 Å². The van der Waals surface area contributed by atoms with Crippen LogP contribution in [-0.4, -0.2) is 36.6 Å². The van der Waals surface area contributed by atoms with Crippen LogP contribution in [0.4, 0.5) is 0 Å². The smallest absolute Gasteiger partial charge is 0.287 e. The highest BCUT2D eigenvalue weighted by atomic mass is 35.5. The van der Waals surface area contributed by atoms with Crippen molar-refractivity contribution in [2.75, 3.05) is 20.3 Å². The molecule has 0 saturated heterocycles. The monoisotopic (exact) mass is 433 g/mol. The Kier molecular flexibility index (Phi) is 7.03. The average Bonchev–Trinajstić information content (AvgIpc) is 3.29. The first-order chi connectivity index (χ1) is 14.0. The zero-order chi connectivity index (χ0) is 20.8. The van der Waals surface area contributed by atoms with Crippen LogP contribution < -0.4 is 10.1 Å². The van der Waals surface area contributed by atoms with Crippen LogP contribution in [0.25, 0.3) is 0 Å². The molecule has 3 aromatic rings. The number of amides is 2. The SMILES string of the molecule is COCCNC(=O)c1ccc(Cn2cc(C)sc2=NC(=O)c2cccc(Cl)c2)o1. The largest absolute Gasteiger partial charge is 0.454 e. The number of benzene rings is 1. The van der Waals surface area contributed by atoms with Crippen molar-refractivity contribution in [2.24, 2.45) is 4.99 Å². The number of hydrogen-bond acceptors (Lipinski definition) is 5. The molecule has 0 radical (unpaired) electrons. The van der Waals surface area contributed by atoms with Gasteiger partial charge in [0.15, 0.2) is 10.6 Å². The third-order valence-electron chi connectivity index (χ3n) is 3.91. The number of nitrogens with zero attached hydrogens (tertiary/aromatic N) is 2. The number of ether oxygens (including phenoxy) is 1. The van der Waals surface area contributed by atoms with E-state index < -0.39 is 0 Å². The Bertz CT molecular complexity index is 1080. The second-order valence-electron chi connectivity index (χ2n) is 6.19. The second-order valence-corrected chi connectivity index (χ2v) is 7.84. The van der Waals surface area contributed by atoms with Crippen molar-refractivity contribution in [3.05, 3.63) is 74.4 Å². The van der Waals surface area contributed by atoms with Gasteiger partial charge in [0.2, 0.25) is 0 Å². The summed E-state index contributed by atoms with van der Waals surface area (Å²) in [5, 5.41) is 3.18. The summed E-state index contributed by atoms with van der Waals surface area (Å²) >= 11 is 7.35. The van der Waals surface area contributed by atoms with Crippen molar-refractivity contribution in [3.63, 3.8) is 0 Å². The quantitative estimate of drug-likeness (QED) is 0.579. The molecule has 2 amide bonds. The normalized spacial score (nSPS) is 11.6. The third-order valence-corrected chi connectivity index (χ3v) is 5.08. The molecule has 7 nitrogen and oxygen atoms in total. The molecule has 2 heterocycles. The number of furan rings is 1. The average molecular weight is 434 g/mol. The lowest BCUT2D eigenvalue weighted by atomic mass is 10.2. The molecule has 9 heteroatoms. The van der Waals surface area contributed by atoms with Gasteiger partial charge in [-0.25, -0.2) is 0 Å². The predicted molar refractivity (Wildman–Crippen MR) is 110 cm³/mol. The molecule has 0 fully saturated rings. The maximum absolute atomic E-state index is 12.5. The zero-order valence-electron chi connectivity index (χ0n) is 16.0. The maximum Gasteiger partial charge on any atom is 0.287 e.